The van der Waals surface area contributed by atoms with E-state index in [9.17, 15) is 0 Å². The van der Waals surface area contributed by atoms with E-state index in [4.69, 9.17) is 0 Å². The zero-order valence-corrected chi connectivity index (χ0v) is 10.3. The first-order valence-corrected chi connectivity index (χ1v) is 6.26. The van der Waals surface area contributed by atoms with Crippen LogP contribution in [0.25, 0.3) is 11.0 Å². The first-order valence-electron chi connectivity index (χ1n) is 6.26. The molecule has 0 aromatic carbocycles. The van der Waals surface area contributed by atoms with Crippen LogP contribution < -0.4 is 5.32 Å². The molecule has 0 aliphatic heterocycles. The normalized spacial score (nSPS) is 24.4. The number of aryl methyl sites for hydroxylation is 1. The van der Waals surface area contributed by atoms with Crippen molar-refractivity contribution in [1.29, 1.82) is 0 Å². The summed E-state index contributed by atoms with van der Waals surface area (Å²) in [5.41, 5.74) is 2.11. The van der Waals surface area contributed by atoms with Gasteiger partial charge in [0.05, 0.1) is 11.8 Å². The van der Waals surface area contributed by atoms with E-state index >= 15 is 0 Å². The van der Waals surface area contributed by atoms with Gasteiger partial charge in [-0.25, -0.2) is 9.97 Å². The molecule has 1 aliphatic rings. The molecule has 17 heavy (non-hydrogen) atoms. The maximum Gasteiger partial charge on any atom is 0.154 e. The van der Waals surface area contributed by atoms with Gasteiger partial charge >= 0.3 is 0 Å². The molecule has 2 heterocycles. The Morgan fingerprint density at radius 3 is 3.00 bits per heavy atom. The third-order valence-electron chi connectivity index (χ3n) is 3.68. The molecule has 4 heteroatoms. The predicted molar refractivity (Wildman–Crippen MR) is 68.9 cm³/mol. The minimum Gasteiger partial charge on any atom is -0.365 e. The minimum atomic E-state index is 0.560. The number of imidazole rings is 1. The fourth-order valence-corrected chi connectivity index (χ4v) is 2.70. The number of pyridine rings is 1. The van der Waals surface area contributed by atoms with Crippen molar-refractivity contribution in [2.75, 3.05) is 5.32 Å². The van der Waals surface area contributed by atoms with Gasteiger partial charge in [-0.3, -0.25) is 0 Å². The van der Waals surface area contributed by atoms with Gasteiger partial charge < -0.3 is 9.88 Å². The summed E-state index contributed by atoms with van der Waals surface area (Å²) in [5, 5.41) is 3.54. The lowest BCUT2D eigenvalue weighted by molar-refractivity contribution is 0.602. The van der Waals surface area contributed by atoms with E-state index in [-0.39, 0.29) is 0 Å². The number of fused-ring (bicyclic) bond motifs is 1. The summed E-state index contributed by atoms with van der Waals surface area (Å²) in [6.07, 6.45) is 7.49. The molecule has 0 spiro atoms. The van der Waals surface area contributed by atoms with Crippen LogP contribution >= 0.6 is 0 Å². The standard InChI is InChI=1S/C13H18N4/c1-9-3-4-10(7-9)16-13-12-11(5-6-14-13)17(2)8-15-12/h5-6,8-10H,3-4,7H2,1-2H3,(H,14,16). The Bertz CT molecular complexity index is 531. The number of aromatic nitrogens is 3. The molecule has 1 fully saturated rings. The van der Waals surface area contributed by atoms with Gasteiger partial charge in [-0.05, 0) is 31.2 Å². The highest BCUT2D eigenvalue weighted by atomic mass is 15.1. The summed E-state index contributed by atoms with van der Waals surface area (Å²) in [6, 6.07) is 2.57. The van der Waals surface area contributed by atoms with Crippen molar-refractivity contribution in [3.05, 3.63) is 18.6 Å². The van der Waals surface area contributed by atoms with Gasteiger partial charge in [-0.15, -0.1) is 0 Å². The quantitative estimate of drug-likeness (QED) is 0.862. The second kappa shape index (κ2) is 4.02. The van der Waals surface area contributed by atoms with Gasteiger partial charge in [-0.1, -0.05) is 6.92 Å². The van der Waals surface area contributed by atoms with Crippen molar-refractivity contribution in [2.45, 2.75) is 32.2 Å². The second-order valence-electron chi connectivity index (χ2n) is 5.14. The highest BCUT2D eigenvalue weighted by Crippen LogP contribution is 2.28. The van der Waals surface area contributed by atoms with E-state index in [1.54, 1.807) is 0 Å². The highest BCUT2D eigenvalue weighted by Gasteiger charge is 2.22. The Kier molecular flexibility index (Phi) is 2.50. The third-order valence-corrected chi connectivity index (χ3v) is 3.68. The fourth-order valence-electron chi connectivity index (χ4n) is 2.70. The Labute approximate surface area is 101 Å². The first-order chi connectivity index (χ1) is 8.24. The van der Waals surface area contributed by atoms with Crippen molar-refractivity contribution >= 4 is 16.9 Å². The van der Waals surface area contributed by atoms with Crippen LogP contribution in [-0.4, -0.2) is 20.6 Å². The molecule has 4 nitrogen and oxygen atoms in total. The van der Waals surface area contributed by atoms with Gasteiger partial charge in [-0.2, -0.15) is 0 Å². The van der Waals surface area contributed by atoms with Crippen LogP contribution in [0.1, 0.15) is 26.2 Å². The number of hydrogen-bond donors (Lipinski definition) is 1. The van der Waals surface area contributed by atoms with E-state index in [0.717, 1.165) is 22.8 Å². The van der Waals surface area contributed by atoms with E-state index < -0.39 is 0 Å². The lowest BCUT2D eigenvalue weighted by Crippen LogP contribution is -2.16. The molecule has 1 aliphatic carbocycles. The summed E-state index contributed by atoms with van der Waals surface area (Å²) < 4.78 is 2.03. The summed E-state index contributed by atoms with van der Waals surface area (Å²) in [6.45, 7) is 2.32. The number of anilines is 1. The average Bonchev–Trinajstić information content (AvgIpc) is 2.88. The van der Waals surface area contributed by atoms with Gasteiger partial charge in [0.25, 0.3) is 0 Å². The lowest BCUT2D eigenvalue weighted by Gasteiger charge is -2.13. The maximum atomic E-state index is 4.42. The monoisotopic (exact) mass is 230 g/mol. The van der Waals surface area contributed by atoms with Crippen molar-refractivity contribution in [2.24, 2.45) is 13.0 Å². The molecular weight excluding hydrogens is 212 g/mol. The molecule has 0 bridgehead atoms. The topological polar surface area (TPSA) is 42.7 Å². The van der Waals surface area contributed by atoms with Gasteiger partial charge in [0.2, 0.25) is 0 Å². The number of hydrogen-bond acceptors (Lipinski definition) is 3. The minimum absolute atomic E-state index is 0.560. The van der Waals surface area contributed by atoms with Crippen LogP contribution in [0.2, 0.25) is 0 Å². The number of rotatable bonds is 2. The zero-order valence-electron chi connectivity index (χ0n) is 10.3. The molecule has 2 atom stereocenters. The predicted octanol–water partition coefficient (Wildman–Crippen LogP) is 2.57. The summed E-state index contributed by atoms with van der Waals surface area (Å²) in [7, 11) is 2.01. The smallest absolute Gasteiger partial charge is 0.154 e. The van der Waals surface area contributed by atoms with Gasteiger partial charge in [0, 0.05) is 19.3 Å². The molecule has 2 aromatic rings. The van der Waals surface area contributed by atoms with Crippen molar-refractivity contribution in [1.82, 2.24) is 14.5 Å². The van der Waals surface area contributed by atoms with Gasteiger partial charge in [0.15, 0.2) is 5.82 Å². The van der Waals surface area contributed by atoms with Crippen LogP contribution in [0.4, 0.5) is 5.82 Å². The molecule has 1 saturated carbocycles. The molecule has 2 unspecified atom stereocenters. The second-order valence-corrected chi connectivity index (χ2v) is 5.14. The van der Waals surface area contributed by atoms with Crippen LogP contribution in [0, 0.1) is 5.92 Å². The molecule has 0 radical (unpaired) electrons. The van der Waals surface area contributed by atoms with Crippen molar-refractivity contribution in [3.63, 3.8) is 0 Å². The zero-order chi connectivity index (χ0) is 11.8. The first kappa shape index (κ1) is 10.6. The maximum absolute atomic E-state index is 4.42. The van der Waals surface area contributed by atoms with Crippen molar-refractivity contribution < 1.29 is 0 Å². The van der Waals surface area contributed by atoms with Crippen LogP contribution in [0.5, 0.6) is 0 Å². The molecular formula is C13H18N4. The Morgan fingerprint density at radius 1 is 1.35 bits per heavy atom. The summed E-state index contributed by atoms with van der Waals surface area (Å²) in [4.78, 5) is 8.84. The highest BCUT2D eigenvalue weighted by molar-refractivity contribution is 5.85. The SMILES string of the molecule is CC1CCC(Nc2nccc3c2ncn3C)C1. The van der Waals surface area contributed by atoms with Gasteiger partial charge in [0.1, 0.15) is 5.52 Å². The van der Waals surface area contributed by atoms with Crippen LogP contribution in [0.15, 0.2) is 18.6 Å². The average molecular weight is 230 g/mol. The lowest BCUT2D eigenvalue weighted by atomic mass is 10.1. The molecule has 0 amide bonds. The Hall–Kier alpha value is -1.58. The number of nitrogens with one attached hydrogen (secondary N) is 1. The van der Waals surface area contributed by atoms with Crippen LogP contribution in [0.3, 0.4) is 0 Å². The van der Waals surface area contributed by atoms with E-state index in [2.05, 4.69) is 22.2 Å². The number of nitrogens with zero attached hydrogens (tertiary/aromatic N) is 3. The summed E-state index contributed by atoms with van der Waals surface area (Å²) in [5.74, 6) is 1.76. The van der Waals surface area contributed by atoms with Crippen molar-refractivity contribution in [3.8, 4) is 0 Å². The largest absolute Gasteiger partial charge is 0.365 e. The third kappa shape index (κ3) is 1.88. The van der Waals surface area contributed by atoms with E-state index in [1.807, 2.05) is 30.2 Å². The Balaban J connectivity index is 1.90. The van der Waals surface area contributed by atoms with Crippen LogP contribution in [-0.2, 0) is 7.05 Å². The molecule has 90 valence electrons. The summed E-state index contributed by atoms with van der Waals surface area (Å²) >= 11 is 0. The molecule has 3 rings (SSSR count). The van der Waals surface area contributed by atoms with E-state index in [0.29, 0.717) is 6.04 Å². The Morgan fingerprint density at radius 2 is 2.24 bits per heavy atom. The molecule has 1 N–H and O–H groups in total. The van der Waals surface area contributed by atoms with E-state index in [1.165, 1.54) is 19.3 Å². The molecule has 0 saturated heterocycles. The molecule has 2 aromatic heterocycles. The fraction of sp³-hybridized carbons (Fsp3) is 0.538.